The van der Waals surface area contributed by atoms with Gasteiger partial charge in [0.2, 0.25) is 0 Å². The van der Waals surface area contributed by atoms with E-state index in [-0.39, 0.29) is 0 Å². The van der Waals surface area contributed by atoms with Crippen LogP contribution < -0.4 is 5.32 Å². The molecule has 0 fully saturated rings. The maximum absolute atomic E-state index is 13.6. The first-order chi connectivity index (χ1) is 8.75. The standard InChI is InChI=1S/C15H12FNO/c16-14(11-12-7-3-1-4-8-12)15(18)17-13-9-5-2-6-10-13/h1-11H,(H,17,18)/b14-11+. The second kappa shape index (κ2) is 5.77. The van der Waals surface area contributed by atoms with Gasteiger partial charge >= 0.3 is 0 Å². The molecular weight excluding hydrogens is 229 g/mol. The minimum atomic E-state index is -0.815. The molecule has 0 aromatic heterocycles. The molecule has 2 aromatic carbocycles. The Balaban J connectivity index is 2.08. The minimum absolute atomic E-state index is 0.569. The zero-order valence-corrected chi connectivity index (χ0v) is 9.64. The van der Waals surface area contributed by atoms with Crippen molar-refractivity contribution in [1.82, 2.24) is 0 Å². The summed E-state index contributed by atoms with van der Waals surface area (Å²) in [5.74, 6) is -1.56. The summed E-state index contributed by atoms with van der Waals surface area (Å²) in [7, 11) is 0. The van der Waals surface area contributed by atoms with Crippen molar-refractivity contribution in [3.05, 3.63) is 72.1 Å². The van der Waals surface area contributed by atoms with E-state index in [1.54, 1.807) is 48.5 Å². The molecule has 18 heavy (non-hydrogen) atoms. The van der Waals surface area contributed by atoms with Crippen LogP contribution in [-0.2, 0) is 4.79 Å². The fourth-order valence-corrected chi connectivity index (χ4v) is 1.47. The van der Waals surface area contributed by atoms with E-state index in [4.69, 9.17) is 0 Å². The van der Waals surface area contributed by atoms with Gasteiger partial charge in [-0.25, -0.2) is 4.39 Å². The van der Waals surface area contributed by atoms with E-state index in [9.17, 15) is 9.18 Å². The normalized spacial score (nSPS) is 11.1. The summed E-state index contributed by atoms with van der Waals surface area (Å²) < 4.78 is 13.6. The number of anilines is 1. The Kier molecular flexibility index (Phi) is 3.86. The van der Waals surface area contributed by atoms with Crippen molar-refractivity contribution in [2.45, 2.75) is 0 Å². The van der Waals surface area contributed by atoms with E-state index < -0.39 is 11.7 Å². The van der Waals surface area contributed by atoms with Crippen LogP contribution in [0.3, 0.4) is 0 Å². The summed E-state index contributed by atoms with van der Waals surface area (Å²) in [5, 5.41) is 2.48. The molecule has 0 saturated carbocycles. The Morgan fingerprint density at radius 2 is 1.50 bits per heavy atom. The second-order valence-electron chi connectivity index (χ2n) is 3.72. The third-order valence-electron chi connectivity index (χ3n) is 2.34. The molecule has 90 valence electrons. The summed E-state index contributed by atoms with van der Waals surface area (Å²) in [4.78, 5) is 11.6. The number of benzene rings is 2. The van der Waals surface area contributed by atoms with E-state index in [2.05, 4.69) is 5.32 Å². The van der Waals surface area contributed by atoms with Gasteiger partial charge in [-0.1, -0.05) is 48.5 Å². The van der Waals surface area contributed by atoms with Gasteiger partial charge in [-0.15, -0.1) is 0 Å². The molecule has 0 spiro atoms. The number of para-hydroxylation sites is 1. The van der Waals surface area contributed by atoms with Crippen molar-refractivity contribution in [2.24, 2.45) is 0 Å². The molecule has 0 unspecified atom stereocenters. The number of amides is 1. The first-order valence-electron chi connectivity index (χ1n) is 5.54. The molecule has 2 aromatic rings. The Bertz CT molecular complexity index is 549. The zero-order chi connectivity index (χ0) is 12.8. The van der Waals surface area contributed by atoms with Gasteiger partial charge in [0.25, 0.3) is 5.91 Å². The average molecular weight is 241 g/mol. The Hall–Kier alpha value is -2.42. The topological polar surface area (TPSA) is 29.1 Å². The lowest BCUT2D eigenvalue weighted by Crippen LogP contribution is -2.11. The van der Waals surface area contributed by atoms with Crippen LogP contribution >= 0.6 is 0 Å². The van der Waals surface area contributed by atoms with Gasteiger partial charge in [0.05, 0.1) is 0 Å². The maximum Gasteiger partial charge on any atom is 0.284 e. The molecule has 0 radical (unpaired) electrons. The quantitative estimate of drug-likeness (QED) is 0.817. The second-order valence-corrected chi connectivity index (χ2v) is 3.72. The molecule has 2 nitrogen and oxygen atoms in total. The van der Waals surface area contributed by atoms with Crippen molar-refractivity contribution in [1.29, 1.82) is 0 Å². The SMILES string of the molecule is O=C(Nc1ccccc1)/C(F)=C\c1ccccc1. The Morgan fingerprint density at radius 1 is 0.944 bits per heavy atom. The van der Waals surface area contributed by atoms with E-state index in [1.165, 1.54) is 6.08 Å². The molecule has 2 rings (SSSR count). The molecule has 0 aliphatic heterocycles. The molecule has 1 amide bonds. The van der Waals surface area contributed by atoms with Gasteiger partial charge in [-0.05, 0) is 23.8 Å². The molecule has 0 aliphatic carbocycles. The summed E-state index contributed by atoms with van der Waals surface area (Å²) in [6, 6.07) is 17.6. The Labute approximate surface area is 105 Å². The van der Waals surface area contributed by atoms with Crippen LogP contribution in [0, 0.1) is 0 Å². The molecule has 0 heterocycles. The number of hydrogen-bond donors (Lipinski definition) is 1. The monoisotopic (exact) mass is 241 g/mol. The molecule has 1 N–H and O–H groups in total. The highest BCUT2D eigenvalue weighted by molar-refractivity contribution is 6.04. The Morgan fingerprint density at radius 3 is 2.11 bits per heavy atom. The summed E-state index contributed by atoms with van der Waals surface area (Å²) in [6.07, 6.45) is 1.21. The minimum Gasteiger partial charge on any atom is -0.320 e. The van der Waals surface area contributed by atoms with Gasteiger partial charge < -0.3 is 5.32 Å². The van der Waals surface area contributed by atoms with Crippen molar-refractivity contribution in [3.63, 3.8) is 0 Å². The van der Waals surface area contributed by atoms with Crippen molar-refractivity contribution in [2.75, 3.05) is 5.32 Å². The smallest absolute Gasteiger partial charge is 0.284 e. The van der Waals surface area contributed by atoms with E-state index in [0.29, 0.717) is 11.3 Å². The predicted octanol–water partition coefficient (Wildman–Crippen LogP) is 3.64. The van der Waals surface area contributed by atoms with Gasteiger partial charge in [0, 0.05) is 5.69 Å². The zero-order valence-electron chi connectivity index (χ0n) is 9.64. The fourth-order valence-electron chi connectivity index (χ4n) is 1.47. The number of rotatable bonds is 3. The van der Waals surface area contributed by atoms with Crippen molar-refractivity contribution in [3.8, 4) is 0 Å². The first kappa shape index (κ1) is 12.0. The van der Waals surface area contributed by atoms with E-state index >= 15 is 0 Å². The largest absolute Gasteiger partial charge is 0.320 e. The fraction of sp³-hybridized carbons (Fsp3) is 0. The number of halogens is 1. The maximum atomic E-state index is 13.6. The van der Waals surface area contributed by atoms with Crippen LogP contribution in [-0.4, -0.2) is 5.91 Å². The number of carbonyl (C=O) groups excluding carboxylic acids is 1. The predicted molar refractivity (Wildman–Crippen MR) is 70.6 cm³/mol. The highest BCUT2D eigenvalue weighted by Crippen LogP contribution is 2.11. The average Bonchev–Trinajstić information content (AvgIpc) is 2.41. The van der Waals surface area contributed by atoms with Crippen molar-refractivity contribution < 1.29 is 9.18 Å². The molecule has 0 bridgehead atoms. The highest BCUT2D eigenvalue weighted by atomic mass is 19.1. The van der Waals surface area contributed by atoms with Crippen LogP contribution in [0.2, 0.25) is 0 Å². The van der Waals surface area contributed by atoms with Gasteiger partial charge in [-0.3, -0.25) is 4.79 Å². The van der Waals surface area contributed by atoms with Crippen LogP contribution in [0.25, 0.3) is 6.08 Å². The lowest BCUT2D eigenvalue weighted by Gasteiger charge is -2.02. The summed E-state index contributed by atoms with van der Waals surface area (Å²) in [6.45, 7) is 0. The van der Waals surface area contributed by atoms with E-state index in [1.807, 2.05) is 12.1 Å². The third-order valence-corrected chi connectivity index (χ3v) is 2.34. The van der Waals surface area contributed by atoms with Crippen LogP contribution in [0.1, 0.15) is 5.56 Å². The van der Waals surface area contributed by atoms with Gasteiger partial charge in [0.1, 0.15) is 0 Å². The lowest BCUT2D eigenvalue weighted by molar-refractivity contribution is -0.114. The first-order valence-corrected chi connectivity index (χ1v) is 5.54. The number of carbonyl (C=O) groups is 1. The van der Waals surface area contributed by atoms with Crippen LogP contribution in [0.4, 0.5) is 10.1 Å². The third kappa shape index (κ3) is 3.28. The van der Waals surface area contributed by atoms with Gasteiger partial charge in [-0.2, -0.15) is 0 Å². The van der Waals surface area contributed by atoms with E-state index in [0.717, 1.165) is 0 Å². The van der Waals surface area contributed by atoms with Gasteiger partial charge in [0.15, 0.2) is 5.83 Å². The molecule has 0 saturated heterocycles. The lowest BCUT2D eigenvalue weighted by atomic mass is 10.2. The molecule has 0 aliphatic rings. The number of nitrogens with one attached hydrogen (secondary N) is 1. The number of hydrogen-bond acceptors (Lipinski definition) is 1. The summed E-state index contributed by atoms with van der Waals surface area (Å²) >= 11 is 0. The summed E-state index contributed by atoms with van der Waals surface area (Å²) in [5.41, 5.74) is 1.22. The molecule has 0 atom stereocenters. The van der Waals surface area contributed by atoms with Crippen LogP contribution in [0.15, 0.2) is 66.5 Å². The van der Waals surface area contributed by atoms with Crippen LogP contribution in [0.5, 0.6) is 0 Å². The highest BCUT2D eigenvalue weighted by Gasteiger charge is 2.08. The van der Waals surface area contributed by atoms with Crippen molar-refractivity contribution >= 4 is 17.7 Å². The molecular formula is C15H12FNO. The molecule has 3 heteroatoms.